The minimum Gasteiger partial charge on any atom is -0.330 e. The SMILES string of the molecule is Cc1ncc(-c2ccc(C[C@H]3CCCN(C(C)C)C3)cn2)n1C. The monoisotopic (exact) mass is 312 g/mol. The van der Waals surface area contributed by atoms with Gasteiger partial charge >= 0.3 is 0 Å². The van der Waals surface area contributed by atoms with Crippen LogP contribution in [0, 0.1) is 12.8 Å². The van der Waals surface area contributed by atoms with Crippen molar-refractivity contribution < 1.29 is 0 Å². The predicted molar refractivity (Wildman–Crippen MR) is 94.3 cm³/mol. The molecule has 2 aromatic rings. The number of likely N-dealkylation sites (tertiary alicyclic amines) is 1. The molecule has 0 bridgehead atoms. The largest absolute Gasteiger partial charge is 0.330 e. The maximum absolute atomic E-state index is 4.67. The van der Waals surface area contributed by atoms with Gasteiger partial charge in [0.25, 0.3) is 0 Å². The van der Waals surface area contributed by atoms with E-state index in [9.17, 15) is 0 Å². The number of aryl methyl sites for hydroxylation is 1. The van der Waals surface area contributed by atoms with Crippen LogP contribution in [-0.2, 0) is 13.5 Å². The van der Waals surface area contributed by atoms with Crippen molar-refractivity contribution in [3.8, 4) is 11.4 Å². The molecule has 0 unspecified atom stereocenters. The van der Waals surface area contributed by atoms with Crippen LogP contribution in [0.4, 0.5) is 0 Å². The minimum absolute atomic E-state index is 0.659. The number of imidazole rings is 1. The molecule has 1 fully saturated rings. The molecule has 1 aliphatic heterocycles. The maximum Gasteiger partial charge on any atom is 0.105 e. The van der Waals surface area contributed by atoms with Crippen molar-refractivity contribution in [3.63, 3.8) is 0 Å². The van der Waals surface area contributed by atoms with Crippen LogP contribution >= 0.6 is 0 Å². The van der Waals surface area contributed by atoms with Crippen molar-refractivity contribution >= 4 is 0 Å². The smallest absolute Gasteiger partial charge is 0.105 e. The van der Waals surface area contributed by atoms with Gasteiger partial charge in [-0.15, -0.1) is 0 Å². The van der Waals surface area contributed by atoms with Crippen molar-refractivity contribution in [2.24, 2.45) is 13.0 Å². The summed E-state index contributed by atoms with van der Waals surface area (Å²) in [6, 6.07) is 5.03. The normalized spacial score (nSPS) is 19.4. The quantitative estimate of drug-likeness (QED) is 0.867. The van der Waals surface area contributed by atoms with Crippen molar-refractivity contribution in [1.82, 2.24) is 19.4 Å². The molecule has 2 aromatic heterocycles. The Morgan fingerprint density at radius 1 is 1.22 bits per heavy atom. The molecular weight excluding hydrogens is 284 g/mol. The Hall–Kier alpha value is -1.68. The van der Waals surface area contributed by atoms with E-state index in [-0.39, 0.29) is 0 Å². The van der Waals surface area contributed by atoms with Gasteiger partial charge in [0.2, 0.25) is 0 Å². The second kappa shape index (κ2) is 6.83. The van der Waals surface area contributed by atoms with E-state index in [4.69, 9.17) is 0 Å². The van der Waals surface area contributed by atoms with Crippen LogP contribution in [0.2, 0.25) is 0 Å². The van der Waals surface area contributed by atoms with Gasteiger partial charge in [0.15, 0.2) is 0 Å². The summed E-state index contributed by atoms with van der Waals surface area (Å²) in [4.78, 5) is 11.6. The second-order valence-electron chi connectivity index (χ2n) is 7.10. The first kappa shape index (κ1) is 16.2. The number of pyridine rings is 1. The summed E-state index contributed by atoms with van der Waals surface area (Å²) in [5, 5.41) is 0. The maximum atomic E-state index is 4.67. The van der Waals surface area contributed by atoms with E-state index in [1.807, 2.05) is 26.4 Å². The Bertz CT molecular complexity index is 642. The predicted octanol–water partition coefficient (Wildman–Crippen LogP) is 3.45. The van der Waals surface area contributed by atoms with Gasteiger partial charge in [-0.25, -0.2) is 4.98 Å². The Balaban J connectivity index is 1.67. The highest BCUT2D eigenvalue weighted by atomic mass is 15.2. The van der Waals surface area contributed by atoms with Gasteiger partial charge in [-0.05, 0) is 64.1 Å². The third-order valence-corrected chi connectivity index (χ3v) is 5.11. The summed E-state index contributed by atoms with van der Waals surface area (Å²) >= 11 is 0. The summed E-state index contributed by atoms with van der Waals surface area (Å²) in [7, 11) is 2.04. The number of hydrogen-bond donors (Lipinski definition) is 0. The van der Waals surface area contributed by atoms with Crippen LogP contribution in [0.25, 0.3) is 11.4 Å². The van der Waals surface area contributed by atoms with Crippen molar-refractivity contribution in [3.05, 3.63) is 35.9 Å². The van der Waals surface area contributed by atoms with E-state index in [1.54, 1.807) is 0 Å². The van der Waals surface area contributed by atoms with Crippen LogP contribution in [0.5, 0.6) is 0 Å². The Morgan fingerprint density at radius 2 is 2.04 bits per heavy atom. The zero-order valence-electron chi connectivity index (χ0n) is 14.8. The number of piperidine rings is 1. The van der Waals surface area contributed by atoms with Crippen molar-refractivity contribution in [2.45, 2.75) is 46.1 Å². The molecule has 0 spiro atoms. The third kappa shape index (κ3) is 3.63. The zero-order chi connectivity index (χ0) is 16.4. The molecule has 3 heterocycles. The standard InChI is InChI=1S/C19H28N4/c1-14(2)23-9-5-6-17(13-23)10-16-7-8-18(21-11-16)19-12-20-15(3)22(19)4/h7-8,11-12,14,17H,5-6,9-10,13H2,1-4H3/t17-/m1/s1. The lowest BCUT2D eigenvalue weighted by Crippen LogP contribution is -2.40. The molecule has 4 nitrogen and oxygen atoms in total. The number of nitrogens with zero attached hydrogens (tertiary/aromatic N) is 4. The molecule has 0 saturated carbocycles. The lowest BCUT2D eigenvalue weighted by atomic mass is 9.91. The summed E-state index contributed by atoms with van der Waals surface area (Å²) in [6.45, 7) is 9.09. The fourth-order valence-electron chi connectivity index (χ4n) is 3.50. The van der Waals surface area contributed by atoms with E-state index >= 15 is 0 Å². The highest BCUT2D eigenvalue weighted by Gasteiger charge is 2.21. The van der Waals surface area contributed by atoms with Gasteiger partial charge in [0.1, 0.15) is 5.82 Å². The topological polar surface area (TPSA) is 34.0 Å². The van der Waals surface area contributed by atoms with E-state index in [0.29, 0.717) is 6.04 Å². The minimum atomic E-state index is 0.659. The summed E-state index contributed by atoms with van der Waals surface area (Å²) < 4.78 is 2.09. The number of rotatable bonds is 4. The molecule has 0 aromatic carbocycles. The van der Waals surface area contributed by atoms with Gasteiger partial charge < -0.3 is 9.47 Å². The van der Waals surface area contributed by atoms with Crippen LogP contribution in [-0.4, -0.2) is 38.6 Å². The van der Waals surface area contributed by atoms with Crippen LogP contribution in [0.1, 0.15) is 38.1 Å². The molecule has 0 N–H and O–H groups in total. The highest BCUT2D eigenvalue weighted by molar-refractivity contribution is 5.54. The van der Waals surface area contributed by atoms with Crippen LogP contribution < -0.4 is 0 Å². The summed E-state index contributed by atoms with van der Waals surface area (Å²) in [5.74, 6) is 1.78. The molecule has 0 radical (unpaired) electrons. The Kier molecular flexibility index (Phi) is 4.81. The van der Waals surface area contributed by atoms with Crippen LogP contribution in [0.15, 0.2) is 24.5 Å². The average molecular weight is 312 g/mol. The number of aromatic nitrogens is 3. The molecule has 1 atom stereocenters. The molecule has 1 saturated heterocycles. The molecule has 0 amide bonds. The highest BCUT2D eigenvalue weighted by Crippen LogP contribution is 2.23. The molecule has 3 rings (SSSR count). The zero-order valence-corrected chi connectivity index (χ0v) is 14.8. The Labute approximate surface area is 139 Å². The fourth-order valence-corrected chi connectivity index (χ4v) is 3.50. The van der Waals surface area contributed by atoms with Gasteiger partial charge in [-0.3, -0.25) is 4.98 Å². The van der Waals surface area contributed by atoms with E-state index in [2.05, 4.69) is 45.4 Å². The number of hydrogen-bond acceptors (Lipinski definition) is 3. The third-order valence-electron chi connectivity index (χ3n) is 5.11. The van der Waals surface area contributed by atoms with Crippen LogP contribution in [0.3, 0.4) is 0 Å². The lowest BCUT2D eigenvalue weighted by molar-refractivity contribution is 0.139. The summed E-state index contributed by atoms with van der Waals surface area (Å²) in [5.41, 5.74) is 3.44. The molecular formula is C19H28N4. The molecule has 0 aliphatic carbocycles. The average Bonchev–Trinajstić information content (AvgIpc) is 2.88. The first-order chi connectivity index (χ1) is 11.0. The van der Waals surface area contributed by atoms with E-state index < -0.39 is 0 Å². The molecule has 1 aliphatic rings. The van der Waals surface area contributed by atoms with E-state index in [0.717, 1.165) is 29.6 Å². The van der Waals surface area contributed by atoms with Gasteiger partial charge in [0.05, 0.1) is 17.6 Å². The molecule has 124 valence electrons. The van der Waals surface area contributed by atoms with Gasteiger partial charge in [-0.1, -0.05) is 6.07 Å². The Morgan fingerprint density at radius 3 is 2.65 bits per heavy atom. The first-order valence-electron chi connectivity index (χ1n) is 8.72. The lowest BCUT2D eigenvalue weighted by Gasteiger charge is -2.35. The fraction of sp³-hybridized carbons (Fsp3) is 0.579. The first-order valence-corrected chi connectivity index (χ1v) is 8.72. The van der Waals surface area contributed by atoms with Crippen molar-refractivity contribution in [2.75, 3.05) is 13.1 Å². The van der Waals surface area contributed by atoms with Gasteiger partial charge in [0, 0.05) is 25.8 Å². The second-order valence-corrected chi connectivity index (χ2v) is 7.10. The molecule has 4 heteroatoms. The molecule has 23 heavy (non-hydrogen) atoms. The van der Waals surface area contributed by atoms with E-state index in [1.165, 1.54) is 31.5 Å². The van der Waals surface area contributed by atoms with Crippen molar-refractivity contribution in [1.29, 1.82) is 0 Å². The summed E-state index contributed by atoms with van der Waals surface area (Å²) in [6.07, 6.45) is 7.75. The van der Waals surface area contributed by atoms with Gasteiger partial charge in [-0.2, -0.15) is 0 Å².